The van der Waals surface area contributed by atoms with Gasteiger partial charge in [0.05, 0.1) is 11.1 Å². The van der Waals surface area contributed by atoms with Crippen LogP contribution in [0.3, 0.4) is 0 Å². The molecule has 0 saturated carbocycles. The minimum atomic E-state index is -0.131. The number of phenols is 1. The fourth-order valence-corrected chi connectivity index (χ4v) is 3.58. The predicted octanol–water partition coefficient (Wildman–Crippen LogP) is 5.19. The van der Waals surface area contributed by atoms with E-state index in [1.807, 2.05) is 12.1 Å². The van der Waals surface area contributed by atoms with Crippen LogP contribution in [0.15, 0.2) is 42.2 Å². The van der Waals surface area contributed by atoms with Gasteiger partial charge in [0, 0.05) is 6.54 Å². The van der Waals surface area contributed by atoms with Crippen molar-refractivity contribution in [2.75, 3.05) is 13.1 Å². The summed E-state index contributed by atoms with van der Waals surface area (Å²) in [5, 5.41) is 10.4. The largest absolute Gasteiger partial charge is 0.507 e. The third-order valence-electron chi connectivity index (χ3n) is 5.06. The maximum atomic E-state index is 12.8. The lowest BCUT2D eigenvalue weighted by Gasteiger charge is -2.22. The Morgan fingerprint density at radius 3 is 2.29 bits per heavy atom. The molecule has 0 atom stereocenters. The molecule has 1 N–H and O–H groups in total. The van der Waals surface area contributed by atoms with Gasteiger partial charge in [-0.1, -0.05) is 45.0 Å². The maximum Gasteiger partial charge on any atom is 0.231 e. The zero-order chi connectivity index (χ0) is 20.1. The summed E-state index contributed by atoms with van der Waals surface area (Å²) in [6.45, 7) is 8.85. The van der Waals surface area contributed by atoms with Crippen molar-refractivity contribution >= 4 is 11.9 Å². The molecular weight excluding hydrogens is 350 g/mol. The third-order valence-corrected chi connectivity index (χ3v) is 5.06. The van der Waals surface area contributed by atoms with Crippen molar-refractivity contribution in [1.29, 1.82) is 0 Å². The molecule has 2 aromatic carbocycles. The molecule has 2 aromatic rings. The Morgan fingerprint density at radius 2 is 1.68 bits per heavy atom. The first-order valence-electron chi connectivity index (χ1n) is 10.2. The maximum absolute atomic E-state index is 12.8. The molecule has 0 amide bonds. The molecule has 0 unspecified atom stereocenters. The molecule has 1 heterocycles. The van der Waals surface area contributed by atoms with Crippen molar-refractivity contribution in [3.05, 3.63) is 64.4 Å². The Hall–Kier alpha value is -2.59. The molecule has 1 aliphatic rings. The molecule has 148 valence electrons. The number of carbonyl (C=O) groups excluding carboxylic acids is 1. The number of rotatable bonds is 8. The number of aryl methyl sites for hydroxylation is 1. The van der Waals surface area contributed by atoms with E-state index in [1.54, 1.807) is 18.2 Å². The summed E-state index contributed by atoms with van der Waals surface area (Å²) in [5.74, 6) is 0.855. The molecule has 28 heavy (non-hydrogen) atoms. The smallest absolute Gasteiger partial charge is 0.231 e. The topological polar surface area (TPSA) is 49.8 Å². The third kappa shape index (κ3) is 4.28. The van der Waals surface area contributed by atoms with Gasteiger partial charge in [0.15, 0.2) is 5.76 Å². The van der Waals surface area contributed by atoms with Crippen LogP contribution in [0.5, 0.6) is 11.5 Å². The van der Waals surface area contributed by atoms with Gasteiger partial charge >= 0.3 is 0 Å². The second-order valence-electron chi connectivity index (χ2n) is 7.25. The van der Waals surface area contributed by atoms with E-state index < -0.39 is 0 Å². The molecule has 1 aliphatic heterocycles. The van der Waals surface area contributed by atoms with E-state index >= 15 is 0 Å². The molecule has 0 saturated heterocycles. The van der Waals surface area contributed by atoms with E-state index in [2.05, 4.69) is 37.8 Å². The van der Waals surface area contributed by atoms with E-state index in [9.17, 15) is 9.90 Å². The number of hydrogen-bond acceptors (Lipinski definition) is 4. The lowest BCUT2D eigenvalue weighted by atomic mass is 10.0. The van der Waals surface area contributed by atoms with Crippen molar-refractivity contribution in [1.82, 2.24) is 4.90 Å². The number of hydrogen-bond donors (Lipinski definition) is 1. The average Bonchev–Trinajstić information content (AvgIpc) is 3.01. The molecular formula is C24H29NO3. The molecule has 0 fully saturated rings. The summed E-state index contributed by atoms with van der Waals surface area (Å²) in [6.07, 6.45) is 4.83. The highest BCUT2D eigenvalue weighted by atomic mass is 16.5. The van der Waals surface area contributed by atoms with Crippen molar-refractivity contribution in [2.24, 2.45) is 0 Å². The highest BCUT2D eigenvalue weighted by Crippen LogP contribution is 2.40. The SMILES string of the molecule is CCCN(CCC)Cc1c(O)ccc2c1O/C(=C/c1ccc(CC)cc1)C2=O. The summed E-state index contributed by atoms with van der Waals surface area (Å²) in [4.78, 5) is 15.1. The van der Waals surface area contributed by atoms with Crippen LogP contribution in [0.1, 0.15) is 60.7 Å². The molecule has 4 nitrogen and oxygen atoms in total. The molecule has 0 radical (unpaired) electrons. The second kappa shape index (κ2) is 9.07. The first-order valence-corrected chi connectivity index (χ1v) is 10.2. The molecule has 3 rings (SSSR count). The van der Waals surface area contributed by atoms with Crippen molar-refractivity contribution in [3.63, 3.8) is 0 Å². The fourth-order valence-electron chi connectivity index (χ4n) is 3.58. The summed E-state index contributed by atoms with van der Waals surface area (Å²) >= 11 is 0. The molecule has 0 aromatic heterocycles. The van der Waals surface area contributed by atoms with E-state index in [-0.39, 0.29) is 11.5 Å². The van der Waals surface area contributed by atoms with Crippen LogP contribution in [-0.2, 0) is 13.0 Å². The average molecular weight is 380 g/mol. The van der Waals surface area contributed by atoms with Gasteiger partial charge in [0.1, 0.15) is 11.5 Å². The van der Waals surface area contributed by atoms with Gasteiger partial charge in [0.2, 0.25) is 5.78 Å². The number of fused-ring (bicyclic) bond motifs is 1. The van der Waals surface area contributed by atoms with Gasteiger partial charge in [-0.3, -0.25) is 9.69 Å². The predicted molar refractivity (Wildman–Crippen MR) is 113 cm³/mol. The number of Topliss-reactive ketones (excluding diaryl/α,β-unsaturated/α-hetero) is 1. The van der Waals surface area contributed by atoms with Crippen molar-refractivity contribution < 1.29 is 14.6 Å². The van der Waals surface area contributed by atoms with Gasteiger partial charge in [0.25, 0.3) is 0 Å². The van der Waals surface area contributed by atoms with E-state index in [0.29, 0.717) is 29.2 Å². The van der Waals surface area contributed by atoms with Crippen molar-refractivity contribution in [2.45, 2.75) is 46.6 Å². The molecule has 0 bridgehead atoms. The summed E-state index contributed by atoms with van der Waals surface area (Å²) in [7, 11) is 0. The van der Waals surface area contributed by atoms with Crippen LogP contribution in [0.25, 0.3) is 6.08 Å². The zero-order valence-corrected chi connectivity index (χ0v) is 17.0. The van der Waals surface area contributed by atoms with Gasteiger partial charge in [-0.15, -0.1) is 0 Å². The Balaban J connectivity index is 1.90. The summed E-state index contributed by atoms with van der Waals surface area (Å²) < 4.78 is 5.97. The van der Waals surface area contributed by atoms with E-state index in [1.165, 1.54) is 5.56 Å². The highest BCUT2D eigenvalue weighted by molar-refractivity contribution is 6.15. The number of benzene rings is 2. The molecule has 4 heteroatoms. The minimum Gasteiger partial charge on any atom is -0.507 e. The lowest BCUT2D eigenvalue weighted by Crippen LogP contribution is -2.25. The monoisotopic (exact) mass is 379 g/mol. The first-order chi connectivity index (χ1) is 13.6. The van der Waals surface area contributed by atoms with Gasteiger partial charge in [-0.25, -0.2) is 0 Å². The van der Waals surface area contributed by atoms with Crippen LogP contribution >= 0.6 is 0 Å². The highest BCUT2D eigenvalue weighted by Gasteiger charge is 2.31. The Morgan fingerprint density at radius 1 is 1.00 bits per heavy atom. The number of aromatic hydroxyl groups is 1. The zero-order valence-electron chi connectivity index (χ0n) is 17.0. The van der Waals surface area contributed by atoms with Crippen LogP contribution in [0.4, 0.5) is 0 Å². The fraction of sp³-hybridized carbons (Fsp3) is 0.375. The van der Waals surface area contributed by atoms with Gasteiger partial charge < -0.3 is 9.84 Å². The van der Waals surface area contributed by atoms with Crippen LogP contribution in [-0.4, -0.2) is 28.9 Å². The van der Waals surface area contributed by atoms with Crippen molar-refractivity contribution in [3.8, 4) is 11.5 Å². The normalized spacial score (nSPS) is 14.6. The number of phenolic OH excluding ortho intramolecular Hbond substituents is 1. The van der Waals surface area contributed by atoms with E-state index in [0.717, 1.165) is 37.9 Å². The Kier molecular flexibility index (Phi) is 6.53. The van der Waals surface area contributed by atoms with Crippen LogP contribution < -0.4 is 4.74 Å². The Bertz CT molecular complexity index is 862. The van der Waals surface area contributed by atoms with Gasteiger partial charge in [-0.05, 0) is 61.7 Å². The van der Waals surface area contributed by atoms with Crippen LogP contribution in [0.2, 0.25) is 0 Å². The lowest BCUT2D eigenvalue weighted by molar-refractivity contribution is 0.101. The molecule has 0 aliphatic carbocycles. The summed E-state index contributed by atoms with van der Waals surface area (Å²) in [5.41, 5.74) is 3.40. The minimum absolute atomic E-state index is 0.131. The van der Waals surface area contributed by atoms with Gasteiger partial charge in [-0.2, -0.15) is 0 Å². The number of nitrogens with zero attached hydrogens (tertiary/aromatic N) is 1. The number of ether oxygens (including phenoxy) is 1. The Labute approximate surface area is 167 Å². The number of allylic oxidation sites excluding steroid dienone is 1. The standard InChI is InChI=1S/C24H29NO3/c1-4-13-25(14-5-2)16-20-21(26)12-11-19-23(27)22(28-24(19)20)15-18-9-7-17(6-3)8-10-18/h7-12,15,26H,4-6,13-14,16H2,1-3H3/b22-15+. The van der Waals surface area contributed by atoms with Crippen LogP contribution in [0, 0.1) is 0 Å². The number of carbonyl (C=O) groups is 1. The van der Waals surface area contributed by atoms with E-state index in [4.69, 9.17) is 4.74 Å². The number of ketones is 1. The summed E-state index contributed by atoms with van der Waals surface area (Å²) in [6, 6.07) is 11.4. The second-order valence-corrected chi connectivity index (χ2v) is 7.25. The molecule has 0 spiro atoms. The quantitative estimate of drug-likeness (QED) is 0.641. The first kappa shape index (κ1) is 20.2.